The predicted octanol–water partition coefficient (Wildman–Crippen LogP) is 4.73. The highest BCUT2D eigenvalue weighted by Gasteiger charge is 2.16. The lowest BCUT2D eigenvalue weighted by atomic mass is 10.1. The second-order valence-electron chi connectivity index (χ2n) is 6.74. The lowest BCUT2D eigenvalue weighted by molar-refractivity contribution is -0.115. The van der Waals surface area contributed by atoms with Crippen molar-refractivity contribution in [2.75, 3.05) is 0 Å². The number of aromatic nitrogens is 2. The Bertz CT molecular complexity index is 1090. The van der Waals surface area contributed by atoms with Gasteiger partial charge in [0.15, 0.2) is 0 Å². The first kappa shape index (κ1) is 17.7. The van der Waals surface area contributed by atoms with Gasteiger partial charge in [-0.15, -0.1) is 0 Å². The molecule has 1 amide bonds. The Hall–Kier alpha value is -3.66. The molecule has 0 saturated heterocycles. The van der Waals surface area contributed by atoms with Gasteiger partial charge in [0.05, 0.1) is 16.6 Å². The van der Waals surface area contributed by atoms with Crippen molar-refractivity contribution in [2.24, 2.45) is 0 Å². The van der Waals surface area contributed by atoms with Crippen LogP contribution in [0.15, 0.2) is 78.9 Å². The van der Waals surface area contributed by atoms with Crippen LogP contribution in [0.5, 0.6) is 0 Å². The SMILES string of the molecule is Cc1ccc(/C=C(/C(=O)NCc2ccccc2)c2nc3ccccc3[nH]2)cc1. The summed E-state index contributed by atoms with van der Waals surface area (Å²) in [5, 5.41) is 3.01. The maximum Gasteiger partial charge on any atom is 0.255 e. The average molecular weight is 367 g/mol. The number of carbonyl (C=O) groups is 1. The van der Waals surface area contributed by atoms with Crippen molar-refractivity contribution >= 4 is 28.6 Å². The molecule has 0 bridgehead atoms. The van der Waals surface area contributed by atoms with E-state index in [9.17, 15) is 4.79 Å². The number of amides is 1. The van der Waals surface area contributed by atoms with Crippen LogP contribution < -0.4 is 5.32 Å². The number of carbonyl (C=O) groups excluding carboxylic acids is 1. The van der Waals surface area contributed by atoms with Crippen LogP contribution in [0.2, 0.25) is 0 Å². The zero-order chi connectivity index (χ0) is 19.3. The molecule has 0 spiro atoms. The number of benzene rings is 3. The molecule has 1 aromatic heterocycles. The fourth-order valence-corrected chi connectivity index (χ4v) is 3.02. The number of imidazole rings is 1. The second-order valence-corrected chi connectivity index (χ2v) is 6.74. The van der Waals surface area contributed by atoms with Gasteiger partial charge in [-0.1, -0.05) is 72.3 Å². The summed E-state index contributed by atoms with van der Waals surface area (Å²) in [4.78, 5) is 20.9. The van der Waals surface area contributed by atoms with E-state index in [1.807, 2.05) is 91.9 Å². The molecule has 4 rings (SSSR count). The fourth-order valence-electron chi connectivity index (χ4n) is 3.02. The Kier molecular flexibility index (Phi) is 5.02. The molecule has 138 valence electrons. The average Bonchev–Trinajstić information content (AvgIpc) is 3.16. The molecule has 4 nitrogen and oxygen atoms in total. The van der Waals surface area contributed by atoms with Gasteiger partial charge in [0, 0.05) is 6.54 Å². The maximum atomic E-state index is 13.0. The van der Waals surface area contributed by atoms with Crippen LogP contribution in [-0.2, 0) is 11.3 Å². The smallest absolute Gasteiger partial charge is 0.255 e. The van der Waals surface area contributed by atoms with Gasteiger partial charge in [0.2, 0.25) is 0 Å². The van der Waals surface area contributed by atoms with E-state index in [-0.39, 0.29) is 5.91 Å². The van der Waals surface area contributed by atoms with E-state index in [0.717, 1.165) is 22.2 Å². The molecule has 0 saturated carbocycles. The highest BCUT2D eigenvalue weighted by Crippen LogP contribution is 2.20. The number of hydrogen-bond donors (Lipinski definition) is 2. The third-order valence-electron chi connectivity index (χ3n) is 4.57. The highest BCUT2D eigenvalue weighted by atomic mass is 16.1. The van der Waals surface area contributed by atoms with Crippen molar-refractivity contribution < 1.29 is 4.79 Å². The van der Waals surface area contributed by atoms with Crippen LogP contribution in [-0.4, -0.2) is 15.9 Å². The molecule has 4 aromatic rings. The number of para-hydroxylation sites is 2. The summed E-state index contributed by atoms with van der Waals surface area (Å²) in [6.07, 6.45) is 1.87. The Labute approximate surface area is 164 Å². The van der Waals surface area contributed by atoms with Gasteiger partial charge < -0.3 is 10.3 Å². The van der Waals surface area contributed by atoms with Crippen molar-refractivity contribution in [3.8, 4) is 0 Å². The first-order chi connectivity index (χ1) is 13.7. The van der Waals surface area contributed by atoms with E-state index in [0.29, 0.717) is 17.9 Å². The molecule has 0 aliphatic heterocycles. The van der Waals surface area contributed by atoms with Crippen molar-refractivity contribution in [1.29, 1.82) is 0 Å². The Morgan fingerprint density at radius 2 is 1.68 bits per heavy atom. The zero-order valence-corrected chi connectivity index (χ0v) is 15.6. The van der Waals surface area contributed by atoms with Gasteiger partial charge in [-0.2, -0.15) is 0 Å². The first-order valence-corrected chi connectivity index (χ1v) is 9.25. The summed E-state index contributed by atoms with van der Waals surface area (Å²) in [5.41, 5.74) is 5.43. The van der Waals surface area contributed by atoms with Crippen molar-refractivity contribution in [1.82, 2.24) is 15.3 Å². The van der Waals surface area contributed by atoms with Gasteiger partial charge in [-0.3, -0.25) is 4.79 Å². The number of nitrogens with zero attached hydrogens (tertiary/aromatic N) is 1. The summed E-state index contributed by atoms with van der Waals surface area (Å²) < 4.78 is 0. The lowest BCUT2D eigenvalue weighted by Gasteiger charge is -2.08. The van der Waals surface area contributed by atoms with Crippen molar-refractivity contribution in [2.45, 2.75) is 13.5 Å². The fraction of sp³-hybridized carbons (Fsp3) is 0.0833. The second kappa shape index (κ2) is 7.92. The summed E-state index contributed by atoms with van der Waals surface area (Å²) in [7, 11) is 0. The van der Waals surface area contributed by atoms with E-state index in [2.05, 4.69) is 15.3 Å². The number of aromatic amines is 1. The molecule has 0 aliphatic rings. The molecule has 0 atom stereocenters. The Morgan fingerprint density at radius 3 is 2.43 bits per heavy atom. The maximum absolute atomic E-state index is 13.0. The van der Waals surface area contributed by atoms with Crippen LogP contribution in [0.1, 0.15) is 22.5 Å². The Balaban J connectivity index is 1.68. The molecule has 28 heavy (non-hydrogen) atoms. The standard InChI is InChI=1S/C24H21N3O/c1-17-11-13-18(14-12-17)15-20(23-26-21-9-5-6-10-22(21)27-23)24(28)25-16-19-7-3-2-4-8-19/h2-15H,16H2,1H3,(H,25,28)(H,26,27)/b20-15+. The third kappa shape index (κ3) is 4.01. The highest BCUT2D eigenvalue weighted by molar-refractivity contribution is 6.23. The lowest BCUT2D eigenvalue weighted by Crippen LogP contribution is -2.24. The molecular weight excluding hydrogens is 346 g/mol. The number of nitrogens with one attached hydrogen (secondary N) is 2. The number of fused-ring (bicyclic) bond motifs is 1. The molecule has 0 unspecified atom stereocenters. The Morgan fingerprint density at radius 1 is 0.964 bits per heavy atom. The summed E-state index contributed by atoms with van der Waals surface area (Å²) >= 11 is 0. The number of aryl methyl sites for hydroxylation is 1. The molecule has 4 heteroatoms. The summed E-state index contributed by atoms with van der Waals surface area (Å²) in [5.74, 6) is 0.399. The van der Waals surface area contributed by atoms with Crippen LogP contribution in [0.4, 0.5) is 0 Å². The molecule has 0 aliphatic carbocycles. The minimum absolute atomic E-state index is 0.163. The molecule has 0 fully saturated rings. The number of H-pyrrole nitrogens is 1. The van der Waals surface area contributed by atoms with Gasteiger partial charge >= 0.3 is 0 Å². The minimum Gasteiger partial charge on any atom is -0.348 e. The summed E-state index contributed by atoms with van der Waals surface area (Å²) in [6.45, 7) is 2.51. The largest absolute Gasteiger partial charge is 0.348 e. The van der Waals surface area contributed by atoms with Crippen LogP contribution in [0.25, 0.3) is 22.7 Å². The summed E-state index contributed by atoms with van der Waals surface area (Å²) in [6, 6.07) is 25.7. The van der Waals surface area contributed by atoms with E-state index < -0.39 is 0 Å². The molecule has 2 N–H and O–H groups in total. The molecule has 0 radical (unpaired) electrons. The minimum atomic E-state index is -0.163. The molecule has 1 heterocycles. The van der Waals surface area contributed by atoms with E-state index in [4.69, 9.17) is 0 Å². The quantitative estimate of drug-likeness (QED) is 0.501. The van der Waals surface area contributed by atoms with E-state index in [1.165, 1.54) is 5.56 Å². The normalized spacial score (nSPS) is 11.5. The van der Waals surface area contributed by atoms with Crippen LogP contribution in [0, 0.1) is 6.92 Å². The zero-order valence-electron chi connectivity index (χ0n) is 15.6. The third-order valence-corrected chi connectivity index (χ3v) is 4.57. The van der Waals surface area contributed by atoms with Gasteiger partial charge in [-0.05, 0) is 36.3 Å². The number of rotatable bonds is 5. The monoisotopic (exact) mass is 367 g/mol. The van der Waals surface area contributed by atoms with E-state index >= 15 is 0 Å². The van der Waals surface area contributed by atoms with Gasteiger partial charge in [0.1, 0.15) is 5.82 Å². The van der Waals surface area contributed by atoms with Gasteiger partial charge in [0.25, 0.3) is 5.91 Å². The van der Waals surface area contributed by atoms with E-state index in [1.54, 1.807) is 0 Å². The van der Waals surface area contributed by atoms with Crippen LogP contribution >= 0.6 is 0 Å². The van der Waals surface area contributed by atoms with Gasteiger partial charge in [-0.25, -0.2) is 4.98 Å². The van der Waals surface area contributed by atoms with Crippen molar-refractivity contribution in [3.63, 3.8) is 0 Å². The molecule has 3 aromatic carbocycles. The van der Waals surface area contributed by atoms with Crippen LogP contribution in [0.3, 0.4) is 0 Å². The topological polar surface area (TPSA) is 57.8 Å². The van der Waals surface area contributed by atoms with Crippen molar-refractivity contribution in [3.05, 3.63) is 101 Å². The number of hydrogen-bond acceptors (Lipinski definition) is 2. The first-order valence-electron chi connectivity index (χ1n) is 9.25. The predicted molar refractivity (Wildman–Crippen MR) is 113 cm³/mol. The molecular formula is C24H21N3O.